The summed E-state index contributed by atoms with van der Waals surface area (Å²) in [6, 6.07) is 14.2. The number of aryl methyl sites for hydroxylation is 1. The van der Waals surface area contributed by atoms with E-state index in [1.54, 1.807) is 38.1 Å². The van der Waals surface area contributed by atoms with Crippen LogP contribution in [-0.4, -0.2) is 55.7 Å². The number of rotatable bonds is 9. The van der Waals surface area contributed by atoms with Crippen molar-refractivity contribution in [1.82, 2.24) is 10.6 Å². The third-order valence-electron chi connectivity index (χ3n) is 8.01. The summed E-state index contributed by atoms with van der Waals surface area (Å²) >= 11 is 6.31. The minimum atomic E-state index is -1.18. The van der Waals surface area contributed by atoms with Gasteiger partial charge in [-0.2, -0.15) is 0 Å². The second-order valence-electron chi connectivity index (χ2n) is 13.0. The molecule has 0 saturated heterocycles. The number of hydrogen-bond donors (Lipinski definition) is 2. The van der Waals surface area contributed by atoms with Crippen LogP contribution in [0, 0.1) is 17.3 Å². The Labute approximate surface area is 277 Å². The van der Waals surface area contributed by atoms with Gasteiger partial charge in [0.15, 0.2) is 6.10 Å². The lowest BCUT2D eigenvalue weighted by molar-refractivity contribution is -0.179. The van der Waals surface area contributed by atoms with Crippen LogP contribution < -0.4 is 15.4 Å². The van der Waals surface area contributed by atoms with Gasteiger partial charge in [0.2, 0.25) is 11.8 Å². The number of cyclic esters (lactones) is 2. The van der Waals surface area contributed by atoms with E-state index >= 15 is 0 Å². The molecular formula is C36H47ClN2O7. The lowest BCUT2D eigenvalue weighted by Crippen LogP contribution is -2.51. The smallest absolute Gasteiger partial charge is 0.347 e. The zero-order valence-electron chi connectivity index (χ0n) is 27.6. The van der Waals surface area contributed by atoms with Gasteiger partial charge in [-0.15, -0.1) is 0 Å². The second kappa shape index (κ2) is 17.2. The van der Waals surface area contributed by atoms with E-state index in [1.807, 2.05) is 51.1 Å². The number of carbonyl (C=O) groups is 4. The molecule has 2 aromatic carbocycles. The van der Waals surface area contributed by atoms with Gasteiger partial charge in [0.1, 0.15) is 17.9 Å². The molecule has 0 aliphatic carbocycles. The van der Waals surface area contributed by atoms with Crippen LogP contribution in [-0.2, 0) is 41.5 Å². The van der Waals surface area contributed by atoms with Gasteiger partial charge >= 0.3 is 11.9 Å². The lowest BCUT2D eigenvalue weighted by atomic mass is 9.92. The number of carbonyl (C=O) groups excluding carboxylic acids is 4. The third kappa shape index (κ3) is 11.2. The summed E-state index contributed by atoms with van der Waals surface area (Å²) in [6.45, 7) is 9.04. The van der Waals surface area contributed by atoms with Crippen molar-refractivity contribution in [2.75, 3.05) is 13.7 Å². The Balaban J connectivity index is 1.90. The number of hydrogen-bond acceptors (Lipinski definition) is 7. The predicted octanol–water partition coefficient (Wildman–Crippen LogP) is 5.62. The standard InChI is InChI=1S/C36H47ClN2O7/c1-23(2)19-31-34(42)45-29(24(3)15-16-25-11-8-7-9-12-25)13-10-14-32(40)39-28(21-26-17-18-30(44-6)27(37)20-26)33(41)38-22-36(4,5)35(43)46-31/h7-12,14,17-18,20,23-24,28-29,31H,13,15-16,19,21-22H2,1-6H3,(H,38,41)(H,39,40)/b14-10+/t24-,28?,29?,31?/m1/s1. The average molecular weight is 655 g/mol. The maximum absolute atomic E-state index is 13.5. The number of methoxy groups -OCH3 is 1. The van der Waals surface area contributed by atoms with Crippen molar-refractivity contribution in [2.24, 2.45) is 17.3 Å². The molecule has 1 aliphatic rings. The van der Waals surface area contributed by atoms with Crippen LogP contribution >= 0.6 is 11.6 Å². The van der Waals surface area contributed by atoms with Crippen molar-refractivity contribution in [3.8, 4) is 5.75 Å². The zero-order valence-corrected chi connectivity index (χ0v) is 28.4. The minimum Gasteiger partial charge on any atom is -0.495 e. The summed E-state index contributed by atoms with van der Waals surface area (Å²) in [5.74, 6) is -1.76. The SMILES string of the molecule is COc1ccc(CC2NC(=O)/C=C/CC([C@H](C)CCc3ccccc3)OC(=O)C(CC(C)C)OC(=O)C(C)(C)CNC2=O)cc1Cl. The van der Waals surface area contributed by atoms with E-state index in [4.69, 9.17) is 25.8 Å². The maximum atomic E-state index is 13.5. The molecule has 9 nitrogen and oxygen atoms in total. The molecule has 1 aliphatic heterocycles. The minimum absolute atomic E-state index is 0.0449. The normalized spacial score (nSPS) is 22.7. The summed E-state index contributed by atoms with van der Waals surface area (Å²) in [6.07, 6.45) is 3.51. The van der Waals surface area contributed by atoms with E-state index in [1.165, 1.54) is 18.7 Å². The summed E-state index contributed by atoms with van der Waals surface area (Å²) in [7, 11) is 1.51. The molecule has 3 unspecified atom stereocenters. The number of esters is 2. The van der Waals surface area contributed by atoms with Crippen molar-refractivity contribution in [3.05, 3.63) is 76.8 Å². The quantitative estimate of drug-likeness (QED) is 0.337. The van der Waals surface area contributed by atoms with Crippen molar-refractivity contribution in [2.45, 2.75) is 85.0 Å². The molecule has 0 aromatic heterocycles. The first-order valence-corrected chi connectivity index (χ1v) is 16.2. The van der Waals surface area contributed by atoms with Crippen molar-refractivity contribution < 1.29 is 33.4 Å². The second-order valence-corrected chi connectivity index (χ2v) is 13.4. The van der Waals surface area contributed by atoms with E-state index in [2.05, 4.69) is 10.6 Å². The van der Waals surface area contributed by atoms with Crippen LogP contribution in [0.2, 0.25) is 5.02 Å². The molecule has 0 fully saturated rings. The zero-order chi connectivity index (χ0) is 33.9. The first-order valence-electron chi connectivity index (χ1n) is 15.8. The van der Waals surface area contributed by atoms with Crippen LogP contribution in [0.3, 0.4) is 0 Å². The van der Waals surface area contributed by atoms with Crippen LogP contribution in [0.25, 0.3) is 0 Å². The van der Waals surface area contributed by atoms with Crippen molar-refractivity contribution in [1.29, 1.82) is 0 Å². The number of benzene rings is 2. The van der Waals surface area contributed by atoms with Gasteiger partial charge < -0.3 is 24.8 Å². The van der Waals surface area contributed by atoms with E-state index in [0.29, 0.717) is 16.3 Å². The molecule has 46 heavy (non-hydrogen) atoms. The maximum Gasteiger partial charge on any atom is 0.347 e. The Hall–Kier alpha value is -3.85. The Kier molecular flexibility index (Phi) is 13.7. The van der Waals surface area contributed by atoms with Gasteiger partial charge in [-0.3, -0.25) is 14.4 Å². The Morgan fingerprint density at radius 1 is 1.00 bits per heavy atom. The fourth-order valence-corrected chi connectivity index (χ4v) is 5.35. The largest absolute Gasteiger partial charge is 0.495 e. The van der Waals surface area contributed by atoms with E-state index in [0.717, 1.165) is 12.8 Å². The molecule has 0 radical (unpaired) electrons. The summed E-state index contributed by atoms with van der Waals surface area (Å²) < 4.78 is 17.0. The van der Waals surface area contributed by atoms with Gasteiger partial charge in [0.25, 0.3) is 0 Å². The Morgan fingerprint density at radius 2 is 1.72 bits per heavy atom. The molecule has 0 saturated carbocycles. The Bertz CT molecular complexity index is 1380. The van der Waals surface area contributed by atoms with E-state index in [-0.39, 0.29) is 37.6 Å². The average Bonchev–Trinajstić information content (AvgIpc) is 3.01. The predicted molar refractivity (Wildman–Crippen MR) is 177 cm³/mol. The Morgan fingerprint density at radius 3 is 2.37 bits per heavy atom. The summed E-state index contributed by atoms with van der Waals surface area (Å²) in [5.41, 5.74) is 0.696. The molecule has 2 aromatic rings. The number of nitrogens with one attached hydrogen (secondary N) is 2. The molecule has 1 heterocycles. The van der Waals surface area contributed by atoms with Gasteiger partial charge in [-0.05, 0) is 74.3 Å². The van der Waals surface area contributed by atoms with Crippen LogP contribution in [0.1, 0.15) is 65.0 Å². The highest BCUT2D eigenvalue weighted by molar-refractivity contribution is 6.32. The van der Waals surface area contributed by atoms with Crippen LogP contribution in [0.15, 0.2) is 60.7 Å². The molecule has 250 valence electrons. The van der Waals surface area contributed by atoms with Crippen molar-refractivity contribution in [3.63, 3.8) is 0 Å². The molecule has 0 spiro atoms. The van der Waals surface area contributed by atoms with Gasteiger partial charge in [0, 0.05) is 19.4 Å². The first kappa shape index (κ1) is 36.6. The molecule has 2 amide bonds. The lowest BCUT2D eigenvalue weighted by Gasteiger charge is -2.30. The first-order chi connectivity index (χ1) is 21.8. The van der Waals surface area contributed by atoms with Gasteiger partial charge in [-0.25, -0.2) is 4.79 Å². The molecular weight excluding hydrogens is 608 g/mol. The molecule has 4 atom stereocenters. The topological polar surface area (TPSA) is 120 Å². The molecule has 2 N–H and O–H groups in total. The number of amides is 2. The highest BCUT2D eigenvalue weighted by Crippen LogP contribution is 2.26. The van der Waals surface area contributed by atoms with E-state index < -0.39 is 47.4 Å². The highest BCUT2D eigenvalue weighted by atomic mass is 35.5. The van der Waals surface area contributed by atoms with Crippen molar-refractivity contribution >= 4 is 35.4 Å². The summed E-state index contributed by atoms with van der Waals surface area (Å²) in [4.78, 5) is 53.4. The molecule has 3 rings (SSSR count). The molecule has 0 bridgehead atoms. The summed E-state index contributed by atoms with van der Waals surface area (Å²) in [5, 5.41) is 5.93. The monoisotopic (exact) mass is 654 g/mol. The van der Waals surface area contributed by atoms with Crippen LogP contribution in [0.4, 0.5) is 0 Å². The third-order valence-corrected chi connectivity index (χ3v) is 8.31. The van der Waals surface area contributed by atoms with Gasteiger partial charge in [0.05, 0.1) is 17.5 Å². The van der Waals surface area contributed by atoms with Crippen LogP contribution in [0.5, 0.6) is 5.75 Å². The number of halogens is 1. The molecule has 10 heteroatoms. The highest BCUT2D eigenvalue weighted by Gasteiger charge is 2.37. The number of ether oxygens (including phenoxy) is 3. The fourth-order valence-electron chi connectivity index (χ4n) is 5.07. The van der Waals surface area contributed by atoms with Gasteiger partial charge in [-0.1, -0.05) is 74.8 Å². The van der Waals surface area contributed by atoms with E-state index in [9.17, 15) is 19.2 Å². The fraction of sp³-hybridized carbons (Fsp3) is 0.500.